The Morgan fingerprint density at radius 3 is 1.95 bits per heavy atom. The zero-order valence-electron chi connectivity index (χ0n) is 10.0. The van der Waals surface area contributed by atoms with Crippen molar-refractivity contribution < 1.29 is 36.2 Å². The summed E-state index contributed by atoms with van der Waals surface area (Å²) in [4.78, 5) is 0. The van der Waals surface area contributed by atoms with Crippen molar-refractivity contribution in [1.82, 2.24) is 0 Å². The summed E-state index contributed by atoms with van der Waals surface area (Å²) in [6.07, 6.45) is -4.28. The third-order valence-corrected chi connectivity index (χ3v) is 2.47. The number of phenols is 1. The number of hydrogen-bond donors (Lipinski definition) is 1. The highest BCUT2D eigenvalue weighted by Gasteiger charge is 2.38. The van der Waals surface area contributed by atoms with Gasteiger partial charge >= 0.3 is 6.11 Å². The molecule has 0 amide bonds. The summed E-state index contributed by atoms with van der Waals surface area (Å²) < 4.78 is 83.3. The first kappa shape index (κ1) is 15.0. The van der Waals surface area contributed by atoms with Gasteiger partial charge in [0.1, 0.15) is 22.9 Å². The first-order chi connectivity index (χ1) is 9.70. The maximum Gasteiger partial charge on any atom is 0.429 e. The molecule has 0 aliphatic heterocycles. The first-order valence-electron chi connectivity index (χ1n) is 5.41. The van der Waals surface area contributed by atoms with Crippen molar-refractivity contribution >= 4 is 0 Å². The highest BCUT2D eigenvalue weighted by molar-refractivity contribution is 5.31. The highest BCUT2D eigenvalue weighted by Crippen LogP contribution is 2.35. The molecule has 0 unspecified atom stereocenters. The van der Waals surface area contributed by atoms with Crippen LogP contribution in [0.15, 0.2) is 30.3 Å². The van der Waals surface area contributed by atoms with E-state index in [-0.39, 0.29) is 12.1 Å². The lowest BCUT2D eigenvalue weighted by molar-refractivity contribution is -0.187. The van der Waals surface area contributed by atoms with Crippen LogP contribution in [0.4, 0.5) is 26.3 Å². The molecule has 0 saturated carbocycles. The van der Waals surface area contributed by atoms with E-state index in [0.717, 1.165) is 6.07 Å². The van der Waals surface area contributed by atoms with Gasteiger partial charge in [-0.25, -0.2) is 17.6 Å². The summed E-state index contributed by atoms with van der Waals surface area (Å²) in [7, 11) is 0. The van der Waals surface area contributed by atoms with Gasteiger partial charge in [0.25, 0.3) is 0 Å². The summed E-state index contributed by atoms with van der Waals surface area (Å²) in [6, 6.07) is 2.14. The van der Waals surface area contributed by atoms with Crippen LogP contribution in [0, 0.1) is 23.3 Å². The van der Waals surface area contributed by atoms with E-state index in [1.807, 2.05) is 0 Å². The molecule has 112 valence electrons. The van der Waals surface area contributed by atoms with Crippen molar-refractivity contribution in [2.45, 2.75) is 6.11 Å². The van der Waals surface area contributed by atoms with Crippen molar-refractivity contribution in [2.24, 2.45) is 0 Å². The van der Waals surface area contributed by atoms with Crippen molar-refractivity contribution in [3.8, 4) is 11.5 Å². The van der Waals surface area contributed by atoms with Gasteiger partial charge in [-0.2, -0.15) is 8.78 Å². The van der Waals surface area contributed by atoms with Gasteiger partial charge in [-0.15, -0.1) is 0 Å². The normalized spacial score (nSPS) is 11.5. The number of aromatic hydroxyl groups is 1. The SMILES string of the molecule is Oc1ccc(C(F)(F)Oc2cc(F)c(F)c(F)c2)c(F)c1. The molecule has 8 heteroatoms. The van der Waals surface area contributed by atoms with Gasteiger partial charge in [0.2, 0.25) is 0 Å². The van der Waals surface area contributed by atoms with Crippen LogP contribution < -0.4 is 4.74 Å². The second-order valence-electron chi connectivity index (χ2n) is 3.98. The Balaban J connectivity index is 2.37. The van der Waals surface area contributed by atoms with Gasteiger partial charge in [-0.05, 0) is 12.1 Å². The number of alkyl halides is 2. The fraction of sp³-hybridized carbons (Fsp3) is 0.0769. The van der Waals surface area contributed by atoms with E-state index in [1.54, 1.807) is 0 Å². The van der Waals surface area contributed by atoms with E-state index in [9.17, 15) is 26.3 Å². The summed E-state index contributed by atoms with van der Waals surface area (Å²) in [6.45, 7) is 0. The molecule has 0 saturated heterocycles. The van der Waals surface area contributed by atoms with Crippen LogP contribution in [0.3, 0.4) is 0 Å². The third kappa shape index (κ3) is 3.04. The Hall–Kier alpha value is -2.38. The molecule has 0 radical (unpaired) electrons. The maximum absolute atomic E-state index is 13.7. The van der Waals surface area contributed by atoms with Crippen molar-refractivity contribution in [3.05, 3.63) is 59.2 Å². The highest BCUT2D eigenvalue weighted by atomic mass is 19.3. The molecule has 2 aromatic carbocycles. The molecule has 0 aromatic heterocycles. The molecule has 2 nitrogen and oxygen atoms in total. The quantitative estimate of drug-likeness (QED) is 0.684. The van der Waals surface area contributed by atoms with E-state index < -0.39 is 46.4 Å². The predicted octanol–water partition coefficient (Wildman–Crippen LogP) is 4.08. The molecule has 0 atom stereocenters. The lowest BCUT2D eigenvalue weighted by atomic mass is 10.2. The van der Waals surface area contributed by atoms with E-state index in [2.05, 4.69) is 4.74 Å². The molecule has 21 heavy (non-hydrogen) atoms. The lowest BCUT2D eigenvalue weighted by Gasteiger charge is -2.19. The average Bonchev–Trinajstić information content (AvgIpc) is 2.34. The Labute approximate surface area is 114 Å². The molecular formula is C13H6F6O2. The zero-order chi connectivity index (χ0) is 15.8. The van der Waals surface area contributed by atoms with Crippen molar-refractivity contribution in [3.63, 3.8) is 0 Å². The van der Waals surface area contributed by atoms with E-state index in [4.69, 9.17) is 5.11 Å². The summed E-state index contributed by atoms with van der Waals surface area (Å²) in [5, 5.41) is 8.93. The van der Waals surface area contributed by atoms with Crippen molar-refractivity contribution in [2.75, 3.05) is 0 Å². The number of phenolic OH excluding ortho intramolecular Hbond substituents is 1. The van der Waals surface area contributed by atoms with Crippen LogP contribution in [0.1, 0.15) is 5.56 Å². The van der Waals surface area contributed by atoms with Crippen LogP contribution in [-0.4, -0.2) is 5.11 Å². The Morgan fingerprint density at radius 2 is 1.43 bits per heavy atom. The third-order valence-electron chi connectivity index (χ3n) is 2.47. The monoisotopic (exact) mass is 308 g/mol. The largest absolute Gasteiger partial charge is 0.508 e. The van der Waals surface area contributed by atoms with Crippen LogP contribution >= 0.6 is 0 Å². The minimum atomic E-state index is -4.28. The summed E-state index contributed by atoms with van der Waals surface area (Å²) >= 11 is 0. The number of halogens is 6. The van der Waals surface area contributed by atoms with Gasteiger partial charge in [0.15, 0.2) is 17.5 Å². The van der Waals surface area contributed by atoms with Gasteiger partial charge in [-0.3, -0.25) is 0 Å². The second-order valence-corrected chi connectivity index (χ2v) is 3.98. The van der Waals surface area contributed by atoms with Crippen LogP contribution in [0.25, 0.3) is 0 Å². The number of benzene rings is 2. The fourth-order valence-corrected chi connectivity index (χ4v) is 1.53. The summed E-state index contributed by atoms with van der Waals surface area (Å²) in [5.41, 5.74) is -1.26. The first-order valence-corrected chi connectivity index (χ1v) is 5.41. The van der Waals surface area contributed by atoms with Crippen LogP contribution in [0.2, 0.25) is 0 Å². The average molecular weight is 308 g/mol. The van der Waals surface area contributed by atoms with Gasteiger partial charge in [0, 0.05) is 18.2 Å². The van der Waals surface area contributed by atoms with Crippen LogP contribution in [-0.2, 0) is 6.11 Å². The Kier molecular flexibility index (Phi) is 3.71. The number of hydrogen-bond acceptors (Lipinski definition) is 2. The number of rotatable bonds is 3. The number of ether oxygens (including phenoxy) is 1. The van der Waals surface area contributed by atoms with E-state index in [1.165, 1.54) is 0 Å². The molecular weight excluding hydrogens is 302 g/mol. The molecule has 1 N–H and O–H groups in total. The summed E-state index contributed by atoms with van der Waals surface area (Å²) in [5.74, 6) is -8.40. The lowest BCUT2D eigenvalue weighted by Crippen LogP contribution is -2.23. The topological polar surface area (TPSA) is 29.5 Å². The molecule has 0 bridgehead atoms. The van der Waals surface area contributed by atoms with Crippen molar-refractivity contribution in [1.29, 1.82) is 0 Å². The van der Waals surface area contributed by atoms with Gasteiger partial charge in [-0.1, -0.05) is 0 Å². The smallest absolute Gasteiger partial charge is 0.429 e. The van der Waals surface area contributed by atoms with Crippen LogP contribution in [0.5, 0.6) is 11.5 Å². The molecule has 0 aliphatic carbocycles. The minimum Gasteiger partial charge on any atom is -0.508 e. The van der Waals surface area contributed by atoms with Gasteiger partial charge in [0.05, 0.1) is 0 Å². The molecule has 2 rings (SSSR count). The standard InChI is InChI=1S/C13H6F6O2/c14-9-3-6(20)1-2-8(9)13(18,19)21-7-4-10(15)12(17)11(16)5-7/h1-5,20H. The van der Waals surface area contributed by atoms with E-state index in [0.29, 0.717) is 12.1 Å². The van der Waals surface area contributed by atoms with Gasteiger partial charge < -0.3 is 9.84 Å². The molecule has 0 fully saturated rings. The Bertz CT molecular complexity index is 663. The molecule has 0 spiro atoms. The maximum atomic E-state index is 13.7. The van der Waals surface area contributed by atoms with E-state index >= 15 is 0 Å². The predicted molar refractivity (Wildman–Crippen MR) is 58.9 cm³/mol. The second kappa shape index (κ2) is 5.19. The minimum absolute atomic E-state index is 0.199. The molecule has 0 aliphatic rings. The molecule has 2 aromatic rings. The molecule has 0 heterocycles. The zero-order valence-corrected chi connectivity index (χ0v) is 10.0. The Morgan fingerprint density at radius 1 is 0.857 bits per heavy atom. The fourth-order valence-electron chi connectivity index (χ4n) is 1.53.